The van der Waals surface area contributed by atoms with Gasteiger partial charge in [0.15, 0.2) is 0 Å². The fourth-order valence-corrected chi connectivity index (χ4v) is 1.40. The van der Waals surface area contributed by atoms with Gasteiger partial charge in [0.2, 0.25) is 0 Å². The number of carbonyl (C=O) groups is 1. The number of methoxy groups -OCH3 is 1. The number of aryl methyl sites for hydroxylation is 1. The van der Waals surface area contributed by atoms with Gasteiger partial charge in [0, 0.05) is 0 Å². The molecule has 0 N–H and O–H groups in total. The summed E-state index contributed by atoms with van der Waals surface area (Å²) in [5.74, 6) is -0.377. The number of ether oxygens (including phenoxy) is 1. The highest BCUT2D eigenvalue weighted by molar-refractivity contribution is 6.15. The minimum Gasteiger partial charge on any atom is -0.465 e. The van der Waals surface area contributed by atoms with E-state index in [4.69, 9.17) is 0 Å². The molecule has 0 aliphatic heterocycles. The molecule has 0 aliphatic rings. The molecule has 2 heteroatoms. The van der Waals surface area contributed by atoms with E-state index in [-0.39, 0.29) is 5.97 Å². The van der Waals surface area contributed by atoms with Gasteiger partial charge in [-0.25, -0.2) is 4.79 Å². The van der Waals surface area contributed by atoms with Gasteiger partial charge < -0.3 is 4.74 Å². The normalized spacial score (nSPS) is 9.73. The third-order valence-corrected chi connectivity index (χ3v) is 2.27. The maximum atomic E-state index is 11.2. The maximum absolute atomic E-state index is 11.2. The van der Waals surface area contributed by atoms with Crippen LogP contribution in [0.2, 0.25) is 0 Å². The molecule has 2 nitrogen and oxygen atoms in total. The topological polar surface area (TPSA) is 26.3 Å². The predicted molar refractivity (Wildman–Crippen MR) is 61.5 cm³/mol. The second-order valence-electron chi connectivity index (χ2n) is 3.42. The van der Waals surface area contributed by atoms with E-state index in [1.54, 1.807) is 0 Å². The van der Waals surface area contributed by atoms with Crippen molar-refractivity contribution >= 4 is 11.5 Å². The molecular formula is C13H16O2. The molecule has 0 saturated carbocycles. The Bertz CT molecular complexity index is 349. The van der Waals surface area contributed by atoms with E-state index in [1.807, 2.05) is 24.3 Å². The summed E-state index contributed by atoms with van der Waals surface area (Å²) in [6.45, 7) is 5.84. The van der Waals surface area contributed by atoms with Crippen LogP contribution in [0.5, 0.6) is 0 Å². The van der Waals surface area contributed by atoms with E-state index in [0.717, 1.165) is 18.4 Å². The van der Waals surface area contributed by atoms with Crippen LogP contribution in [-0.4, -0.2) is 13.1 Å². The lowest BCUT2D eigenvalue weighted by Gasteiger charge is -2.04. The number of hydrogen-bond acceptors (Lipinski definition) is 2. The quantitative estimate of drug-likeness (QED) is 0.557. The molecule has 0 bridgehead atoms. The Balaban J connectivity index is 2.80. The molecule has 1 aromatic rings. The molecule has 0 aromatic heterocycles. The summed E-state index contributed by atoms with van der Waals surface area (Å²) in [7, 11) is 1.36. The zero-order valence-electron chi connectivity index (χ0n) is 9.25. The number of hydrogen-bond donors (Lipinski definition) is 0. The Morgan fingerprint density at radius 2 is 1.93 bits per heavy atom. The number of rotatable bonds is 4. The summed E-state index contributed by atoms with van der Waals surface area (Å²) in [5.41, 5.74) is 2.50. The lowest BCUT2D eigenvalue weighted by molar-refractivity contribution is -0.133. The predicted octanol–water partition coefficient (Wildman–Crippen LogP) is 2.83. The monoisotopic (exact) mass is 204 g/mol. The molecule has 80 valence electrons. The average molecular weight is 204 g/mol. The van der Waals surface area contributed by atoms with Crippen molar-refractivity contribution in [1.82, 2.24) is 0 Å². The van der Waals surface area contributed by atoms with Crippen molar-refractivity contribution in [1.29, 1.82) is 0 Å². The summed E-state index contributed by atoms with van der Waals surface area (Å²) >= 11 is 0. The van der Waals surface area contributed by atoms with Gasteiger partial charge in [-0.15, -0.1) is 0 Å². The minimum absolute atomic E-state index is 0.377. The molecule has 0 fully saturated rings. The third kappa shape index (κ3) is 2.94. The lowest BCUT2D eigenvalue weighted by atomic mass is 10.0. The third-order valence-electron chi connectivity index (χ3n) is 2.27. The first-order valence-corrected chi connectivity index (χ1v) is 5.05. The van der Waals surface area contributed by atoms with Gasteiger partial charge in [0.25, 0.3) is 0 Å². The van der Waals surface area contributed by atoms with E-state index in [0.29, 0.717) is 5.57 Å². The highest BCUT2D eigenvalue weighted by Crippen LogP contribution is 2.15. The van der Waals surface area contributed by atoms with Crippen LogP contribution in [0.4, 0.5) is 0 Å². The zero-order chi connectivity index (χ0) is 11.3. The van der Waals surface area contributed by atoms with Gasteiger partial charge in [-0.3, -0.25) is 0 Å². The number of esters is 1. The largest absolute Gasteiger partial charge is 0.465 e. The van der Waals surface area contributed by atoms with Gasteiger partial charge in [-0.1, -0.05) is 44.2 Å². The molecule has 0 spiro atoms. The van der Waals surface area contributed by atoms with Gasteiger partial charge in [-0.05, 0) is 17.5 Å². The first kappa shape index (κ1) is 11.5. The first-order valence-electron chi connectivity index (χ1n) is 5.05. The van der Waals surface area contributed by atoms with Crippen molar-refractivity contribution in [2.24, 2.45) is 0 Å². The minimum atomic E-state index is -0.377. The fraction of sp³-hybridized carbons (Fsp3) is 0.308. The Hall–Kier alpha value is -1.57. The molecule has 0 radical (unpaired) electrons. The van der Waals surface area contributed by atoms with Crippen LogP contribution in [0, 0.1) is 0 Å². The summed E-state index contributed by atoms with van der Waals surface area (Å²) in [6.07, 6.45) is 2.18. The van der Waals surface area contributed by atoms with E-state index < -0.39 is 0 Å². The average Bonchev–Trinajstić information content (AvgIpc) is 2.28. The van der Waals surface area contributed by atoms with Gasteiger partial charge in [0.05, 0.1) is 12.7 Å². The van der Waals surface area contributed by atoms with Crippen LogP contribution in [0.1, 0.15) is 24.5 Å². The molecule has 1 rings (SSSR count). The number of carbonyl (C=O) groups excluding carboxylic acids is 1. The highest BCUT2D eigenvalue weighted by Gasteiger charge is 2.08. The fourth-order valence-electron chi connectivity index (χ4n) is 1.40. The van der Waals surface area contributed by atoms with Gasteiger partial charge >= 0.3 is 5.97 Å². The second kappa shape index (κ2) is 5.35. The van der Waals surface area contributed by atoms with E-state index in [1.165, 1.54) is 12.7 Å². The van der Waals surface area contributed by atoms with Crippen molar-refractivity contribution in [2.45, 2.75) is 19.8 Å². The SMILES string of the molecule is C=C(C(=O)OC)c1ccc(CCC)cc1. The molecule has 0 atom stereocenters. The van der Waals surface area contributed by atoms with Crippen LogP contribution in [0.15, 0.2) is 30.8 Å². The summed E-state index contributed by atoms with van der Waals surface area (Å²) in [5, 5.41) is 0. The van der Waals surface area contributed by atoms with Crippen LogP contribution >= 0.6 is 0 Å². The van der Waals surface area contributed by atoms with Crippen molar-refractivity contribution in [3.63, 3.8) is 0 Å². The van der Waals surface area contributed by atoms with E-state index >= 15 is 0 Å². The Morgan fingerprint density at radius 3 is 2.40 bits per heavy atom. The Kier molecular flexibility index (Phi) is 4.10. The van der Waals surface area contributed by atoms with Crippen LogP contribution in [-0.2, 0) is 16.0 Å². The van der Waals surface area contributed by atoms with Gasteiger partial charge in [0.1, 0.15) is 0 Å². The van der Waals surface area contributed by atoms with E-state index in [9.17, 15) is 4.79 Å². The molecule has 0 aliphatic carbocycles. The van der Waals surface area contributed by atoms with Crippen LogP contribution < -0.4 is 0 Å². The smallest absolute Gasteiger partial charge is 0.337 e. The maximum Gasteiger partial charge on any atom is 0.337 e. The Labute approximate surface area is 90.6 Å². The van der Waals surface area contributed by atoms with Crippen molar-refractivity contribution in [3.8, 4) is 0 Å². The standard InChI is InChI=1S/C13H16O2/c1-4-5-11-6-8-12(9-7-11)10(2)13(14)15-3/h6-9H,2,4-5H2,1,3H3. The van der Waals surface area contributed by atoms with E-state index in [2.05, 4.69) is 18.2 Å². The Morgan fingerprint density at radius 1 is 1.33 bits per heavy atom. The molecule has 0 saturated heterocycles. The summed E-state index contributed by atoms with van der Waals surface area (Å²) in [6, 6.07) is 7.86. The van der Waals surface area contributed by atoms with Crippen LogP contribution in [0.25, 0.3) is 5.57 Å². The number of benzene rings is 1. The lowest BCUT2D eigenvalue weighted by Crippen LogP contribution is -2.02. The highest BCUT2D eigenvalue weighted by atomic mass is 16.5. The first-order chi connectivity index (χ1) is 7.19. The molecule has 15 heavy (non-hydrogen) atoms. The summed E-state index contributed by atoms with van der Waals surface area (Å²) < 4.78 is 4.61. The van der Waals surface area contributed by atoms with Crippen LogP contribution in [0.3, 0.4) is 0 Å². The second-order valence-corrected chi connectivity index (χ2v) is 3.42. The summed E-state index contributed by atoms with van der Waals surface area (Å²) in [4.78, 5) is 11.2. The molecular weight excluding hydrogens is 188 g/mol. The van der Waals surface area contributed by atoms with Crippen molar-refractivity contribution in [3.05, 3.63) is 42.0 Å². The van der Waals surface area contributed by atoms with Crippen molar-refractivity contribution in [2.75, 3.05) is 7.11 Å². The van der Waals surface area contributed by atoms with Crippen molar-refractivity contribution < 1.29 is 9.53 Å². The zero-order valence-corrected chi connectivity index (χ0v) is 9.25. The molecule has 0 heterocycles. The molecule has 0 amide bonds. The van der Waals surface area contributed by atoms with Gasteiger partial charge in [-0.2, -0.15) is 0 Å². The molecule has 0 unspecified atom stereocenters. The molecule has 1 aromatic carbocycles.